The van der Waals surface area contributed by atoms with E-state index >= 15 is 0 Å². The van der Waals surface area contributed by atoms with Gasteiger partial charge in [0.05, 0.1) is 11.7 Å². The predicted molar refractivity (Wildman–Crippen MR) is 97.6 cm³/mol. The van der Waals surface area contributed by atoms with E-state index in [-0.39, 0.29) is 11.5 Å². The highest BCUT2D eigenvalue weighted by Crippen LogP contribution is 2.51. The molecule has 0 spiro atoms. The first-order valence-electron chi connectivity index (χ1n) is 9.53. The average molecular weight is 332 g/mol. The Morgan fingerprint density at radius 2 is 1.96 bits per heavy atom. The number of aliphatic hydroxyl groups is 1. The third kappa shape index (κ3) is 3.66. The molecule has 2 N–H and O–H groups in total. The Labute approximate surface area is 146 Å². The summed E-state index contributed by atoms with van der Waals surface area (Å²) in [5, 5.41) is 19.2. The molecule has 2 aliphatic carbocycles. The third-order valence-corrected chi connectivity index (χ3v) is 5.78. The molecule has 3 nitrogen and oxygen atoms in total. The molecular formula is C21H32O3. The number of benzene rings is 1. The van der Waals surface area contributed by atoms with E-state index in [1.165, 1.54) is 17.5 Å². The molecule has 1 aromatic rings. The smallest absolute Gasteiger partial charge is 0.335 e. The van der Waals surface area contributed by atoms with E-state index in [1.54, 1.807) is 6.07 Å². The highest BCUT2D eigenvalue weighted by molar-refractivity contribution is 5.88. The van der Waals surface area contributed by atoms with Crippen LogP contribution in [0.2, 0.25) is 0 Å². The van der Waals surface area contributed by atoms with Gasteiger partial charge in [-0.15, -0.1) is 0 Å². The molecule has 0 heterocycles. The maximum atomic E-state index is 11.2. The highest BCUT2D eigenvalue weighted by Gasteiger charge is 2.44. The predicted octanol–water partition coefficient (Wildman–Crippen LogP) is 4.95. The fourth-order valence-corrected chi connectivity index (χ4v) is 4.66. The molecular weight excluding hydrogens is 300 g/mol. The number of hydrogen-bond donors (Lipinski definition) is 2. The summed E-state index contributed by atoms with van der Waals surface area (Å²) in [7, 11) is 0. The Bertz CT molecular complexity index is 566. The summed E-state index contributed by atoms with van der Waals surface area (Å²) in [5.41, 5.74) is 3.11. The van der Waals surface area contributed by atoms with Crippen LogP contribution in [0.15, 0.2) is 18.2 Å². The van der Waals surface area contributed by atoms with Gasteiger partial charge in [0.2, 0.25) is 0 Å². The summed E-state index contributed by atoms with van der Waals surface area (Å²) in [6.07, 6.45) is 8.15. The quantitative estimate of drug-likeness (QED) is 0.806. The van der Waals surface area contributed by atoms with E-state index in [4.69, 9.17) is 0 Å². The van der Waals surface area contributed by atoms with Gasteiger partial charge in [-0.25, -0.2) is 4.79 Å². The van der Waals surface area contributed by atoms with Gasteiger partial charge in [0.25, 0.3) is 0 Å². The van der Waals surface area contributed by atoms with Crippen LogP contribution in [0.4, 0.5) is 0 Å². The fourth-order valence-electron chi connectivity index (χ4n) is 4.66. The van der Waals surface area contributed by atoms with E-state index in [9.17, 15) is 15.0 Å². The Hall–Kier alpha value is -1.35. The molecule has 0 aliphatic heterocycles. The minimum atomic E-state index is -0.844. The van der Waals surface area contributed by atoms with Gasteiger partial charge in [0, 0.05) is 0 Å². The van der Waals surface area contributed by atoms with Crippen molar-refractivity contribution < 1.29 is 15.0 Å². The molecule has 24 heavy (non-hydrogen) atoms. The second-order valence-corrected chi connectivity index (χ2v) is 7.41. The second kappa shape index (κ2) is 8.15. The lowest BCUT2D eigenvalue weighted by molar-refractivity contribution is 0.0451. The van der Waals surface area contributed by atoms with Crippen LogP contribution >= 0.6 is 0 Å². The summed E-state index contributed by atoms with van der Waals surface area (Å²) in [6, 6.07) is 5.69. The van der Waals surface area contributed by atoms with E-state index < -0.39 is 5.97 Å². The molecule has 0 radical (unpaired) electrons. The summed E-state index contributed by atoms with van der Waals surface area (Å²) >= 11 is 0. The van der Waals surface area contributed by atoms with Crippen molar-refractivity contribution in [2.75, 3.05) is 0 Å². The molecule has 1 saturated carbocycles. The molecule has 1 fully saturated rings. The topological polar surface area (TPSA) is 57.5 Å². The van der Waals surface area contributed by atoms with Crippen LogP contribution in [-0.2, 0) is 11.8 Å². The van der Waals surface area contributed by atoms with Gasteiger partial charge in [0.1, 0.15) is 0 Å². The van der Waals surface area contributed by atoms with Crippen LogP contribution in [0.3, 0.4) is 0 Å². The maximum Gasteiger partial charge on any atom is 0.335 e. The molecule has 2 aliphatic rings. The summed E-state index contributed by atoms with van der Waals surface area (Å²) in [6.45, 7) is 6.49. The van der Waals surface area contributed by atoms with Gasteiger partial charge in [-0.2, -0.15) is 0 Å². The molecule has 3 unspecified atom stereocenters. The Morgan fingerprint density at radius 1 is 1.25 bits per heavy atom. The standard InChI is InChI=1S/C18H24O3.C3H8/c1-2-18-9-8-15(19)11-14(18)5-3-4-12-10-13(17(20)21)6-7-16(12)18;1-3-2/h6-7,10,14-15,19H,2-5,8-9,11H2,1H3,(H,20,21);3H2,1-2H3. The summed E-state index contributed by atoms with van der Waals surface area (Å²) in [4.78, 5) is 11.2. The molecule has 3 atom stereocenters. The molecule has 3 rings (SSSR count). The zero-order valence-electron chi connectivity index (χ0n) is 15.3. The van der Waals surface area contributed by atoms with Crippen LogP contribution in [0.1, 0.15) is 87.2 Å². The van der Waals surface area contributed by atoms with Crippen LogP contribution in [-0.4, -0.2) is 22.3 Å². The lowest BCUT2D eigenvalue weighted by Crippen LogP contribution is -2.41. The Morgan fingerprint density at radius 3 is 2.58 bits per heavy atom. The average Bonchev–Trinajstić information content (AvgIpc) is 2.71. The van der Waals surface area contributed by atoms with Crippen LogP contribution in [0.5, 0.6) is 0 Å². The van der Waals surface area contributed by atoms with E-state index in [2.05, 4.69) is 26.8 Å². The van der Waals surface area contributed by atoms with E-state index in [0.717, 1.165) is 44.9 Å². The van der Waals surface area contributed by atoms with Gasteiger partial charge >= 0.3 is 5.97 Å². The highest BCUT2D eigenvalue weighted by atomic mass is 16.4. The number of carboxylic acids is 1. The normalized spacial score (nSPS) is 28.7. The van der Waals surface area contributed by atoms with Crippen molar-refractivity contribution in [1.29, 1.82) is 0 Å². The van der Waals surface area contributed by atoms with Crippen molar-refractivity contribution >= 4 is 5.97 Å². The Kier molecular flexibility index (Phi) is 6.45. The summed E-state index contributed by atoms with van der Waals surface area (Å²) < 4.78 is 0. The number of fused-ring (bicyclic) bond motifs is 3. The lowest BCUT2D eigenvalue weighted by Gasteiger charge is -2.46. The first kappa shape index (κ1) is 19.0. The third-order valence-electron chi connectivity index (χ3n) is 5.78. The van der Waals surface area contributed by atoms with Gasteiger partial charge in [-0.05, 0) is 79.5 Å². The first-order valence-corrected chi connectivity index (χ1v) is 9.53. The molecule has 0 bridgehead atoms. The summed E-state index contributed by atoms with van der Waals surface area (Å²) in [5.74, 6) is -0.314. The number of aryl methyl sites for hydroxylation is 1. The van der Waals surface area contributed by atoms with Crippen LogP contribution in [0, 0.1) is 5.92 Å². The maximum absolute atomic E-state index is 11.2. The second-order valence-electron chi connectivity index (χ2n) is 7.41. The zero-order valence-corrected chi connectivity index (χ0v) is 15.3. The molecule has 0 aromatic heterocycles. The molecule has 134 valence electrons. The van der Waals surface area contributed by atoms with Crippen molar-refractivity contribution in [1.82, 2.24) is 0 Å². The molecule has 3 heteroatoms. The monoisotopic (exact) mass is 332 g/mol. The van der Waals surface area contributed by atoms with Crippen molar-refractivity contribution in [2.45, 2.75) is 83.7 Å². The van der Waals surface area contributed by atoms with E-state index in [1.807, 2.05) is 6.07 Å². The van der Waals surface area contributed by atoms with Crippen LogP contribution in [0.25, 0.3) is 0 Å². The molecule has 0 saturated heterocycles. The minimum absolute atomic E-state index is 0.141. The lowest BCUT2D eigenvalue weighted by atomic mass is 9.59. The molecule has 1 aromatic carbocycles. The Balaban J connectivity index is 0.000000647. The number of hydrogen-bond acceptors (Lipinski definition) is 2. The van der Waals surface area contributed by atoms with E-state index in [0.29, 0.717) is 11.5 Å². The van der Waals surface area contributed by atoms with Crippen molar-refractivity contribution in [3.8, 4) is 0 Å². The SMILES string of the molecule is CCC.CCC12CCC(O)CC1CCCc1cc(C(=O)O)ccc12. The minimum Gasteiger partial charge on any atom is -0.478 e. The fraction of sp³-hybridized carbons (Fsp3) is 0.667. The van der Waals surface area contributed by atoms with Crippen molar-refractivity contribution in [3.63, 3.8) is 0 Å². The van der Waals surface area contributed by atoms with Gasteiger partial charge in [0.15, 0.2) is 0 Å². The number of aliphatic hydroxyl groups excluding tert-OH is 1. The van der Waals surface area contributed by atoms with Gasteiger partial charge in [-0.1, -0.05) is 33.3 Å². The number of carbonyl (C=O) groups is 1. The van der Waals surface area contributed by atoms with Crippen LogP contribution < -0.4 is 0 Å². The zero-order chi connectivity index (χ0) is 17.7. The van der Waals surface area contributed by atoms with Crippen molar-refractivity contribution in [2.24, 2.45) is 5.92 Å². The molecule has 0 amide bonds. The number of carboxylic acid groups (broad SMARTS) is 1. The van der Waals surface area contributed by atoms with Crippen molar-refractivity contribution in [3.05, 3.63) is 34.9 Å². The number of aromatic carboxylic acids is 1. The van der Waals surface area contributed by atoms with Gasteiger partial charge in [-0.3, -0.25) is 0 Å². The first-order chi connectivity index (χ1) is 11.5. The largest absolute Gasteiger partial charge is 0.478 e. The number of rotatable bonds is 2. The van der Waals surface area contributed by atoms with Gasteiger partial charge < -0.3 is 10.2 Å².